The molecule has 90 valence electrons. The van der Waals surface area contributed by atoms with Gasteiger partial charge in [-0.15, -0.1) is 10.2 Å². The molecule has 1 N–H and O–H groups in total. The maximum Gasteiger partial charge on any atom is 0.231 e. The van der Waals surface area contributed by atoms with Crippen LogP contribution in [0.1, 0.15) is 16.8 Å². The Hall–Kier alpha value is -2.36. The molecular weight excluding hydrogens is 226 g/mol. The SMILES string of the molecule is Oc1cc2c(nn1)CN(Cc1ccccc1)C=C2. The lowest BCUT2D eigenvalue weighted by molar-refractivity contribution is 0.350. The average Bonchev–Trinajstić information content (AvgIpc) is 2.40. The fourth-order valence-electron chi connectivity index (χ4n) is 2.05. The maximum absolute atomic E-state index is 9.27. The highest BCUT2D eigenvalue weighted by Gasteiger charge is 2.13. The summed E-state index contributed by atoms with van der Waals surface area (Å²) in [6, 6.07) is 11.9. The van der Waals surface area contributed by atoms with Crippen LogP contribution in [0.2, 0.25) is 0 Å². The second kappa shape index (κ2) is 4.49. The maximum atomic E-state index is 9.27. The molecule has 18 heavy (non-hydrogen) atoms. The topological polar surface area (TPSA) is 49.3 Å². The van der Waals surface area contributed by atoms with Crippen LogP contribution < -0.4 is 0 Å². The van der Waals surface area contributed by atoms with Gasteiger partial charge in [-0.2, -0.15) is 0 Å². The monoisotopic (exact) mass is 239 g/mol. The lowest BCUT2D eigenvalue weighted by Gasteiger charge is -2.24. The van der Waals surface area contributed by atoms with E-state index in [4.69, 9.17) is 0 Å². The molecule has 0 fully saturated rings. The second-order valence-corrected chi connectivity index (χ2v) is 4.31. The first-order valence-corrected chi connectivity index (χ1v) is 5.83. The van der Waals surface area contributed by atoms with Crippen molar-refractivity contribution >= 4 is 6.08 Å². The van der Waals surface area contributed by atoms with Gasteiger partial charge in [-0.3, -0.25) is 0 Å². The van der Waals surface area contributed by atoms with E-state index in [0.717, 1.165) is 17.8 Å². The molecule has 1 aliphatic rings. The summed E-state index contributed by atoms with van der Waals surface area (Å²) in [6.45, 7) is 1.56. The third kappa shape index (κ3) is 2.18. The minimum absolute atomic E-state index is 0.0325. The van der Waals surface area contributed by atoms with E-state index in [1.165, 1.54) is 5.56 Å². The second-order valence-electron chi connectivity index (χ2n) is 4.31. The molecule has 0 atom stereocenters. The Bertz CT molecular complexity index is 581. The van der Waals surface area contributed by atoms with Crippen molar-refractivity contribution in [3.8, 4) is 5.88 Å². The molecule has 0 saturated heterocycles. The minimum Gasteiger partial charge on any atom is -0.492 e. The molecule has 0 radical (unpaired) electrons. The van der Waals surface area contributed by atoms with E-state index in [1.807, 2.05) is 30.5 Å². The molecule has 1 aromatic heterocycles. The zero-order valence-corrected chi connectivity index (χ0v) is 9.82. The summed E-state index contributed by atoms with van der Waals surface area (Å²) < 4.78 is 0. The van der Waals surface area contributed by atoms with Gasteiger partial charge in [0.25, 0.3) is 0 Å². The lowest BCUT2D eigenvalue weighted by Crippen LogP contribution is -2.20. The number of aromatic hydroxyl groups is 1. The van der Waals surface area contributed by atoms with E-state index in [0.29, 0.717) is 6.54 Å². The highest BCUT2D eigenvalue weighted by Crippen LogP contribution is 2.21. The molecule has 0 amide bonds. The van der Waals surface area contributed by atoms with Crippen LogP contribution in [0.25, 0.3) is 6.08 Å². The van der Waals surface area contributed by atoms with E-state index in [1.54, 1.807) is 6.07 Å². The Morgan fingerprint density at radius 3 is 2.83 bits per heavy atom. The molecule has 0 unspecified atom stereocenters. The van der Waals surface area contributed by atoms with Gasteiger partial charge in [0.1, 0.15) is 0 Å². The van der Waals surface area contributed by atoms with Gasteiger partial charge >= 0.3 is 0 Å². The van der Waals surface area contributed by atoms with Crippen molar-refractivity contribution in [1.29, 1.82) is 0 Å². The van der Waals surface area contributed by atoms with Crippen molar-refractivity contribution in [1.82, 2.24) is 15.1 Å². The number of rotatable bonds is 2. The zero-order chi connectivity index (χ0) is 12.4. The average molecular weight is 239 g/mol. The van der Waals surface area contributed by atoms with Gasteiger partial charge in [0, 0.05) is 24.4 Å². The van der Waals surface area contributed by atoms with Crippen molar-refractivity contribution in [2.75, 3.05) is 0 Å². The van der Waals surface area contributed by atoms with Crippen LogP contribution in [0, 0.1) is 0 Å². The van der Waals surface area contributed by atoms with Crippen LogP contribution in [0.4, 0.5) is 0 Å². The van der Waals surface area contributed by atoms with Crippen molar-refractivity contribution in [2.45, 2.75) is 13.1 Å². The Balaban J connectivity index is 1.78. The van der Waals surface area contributed by atoms with E-state index < -0.39 is 0 Å². The molecule has 4 nitrogen and oxygen atoms in total. The van der Waals surface area contributed by atoms with Gasteiger partial charge < -0.3 is 10.0 Å². The Morgan fingerprint density at radius 2 is 2.00 bits per heavy atom. The summed E-state index contributed by atoms with van der Waals surface area (Å²) in [5.41, 5.74) is 3.09. The Labute approximate surface area is 105 Å². The van der Waals surface area contributed by atoms with Crippen LogP contribution in [0.3, 0.4) is 0 Å². The molecule has 2 aromatic rings. The number of nitrogens with zero attached hydrogens (tertiary/aromatic N) is 3. The normalized spacial score (nSPS) is 13.4. The molecule has 0 bridgehead atoms. The van der Waals surface area contributed by atoms with E-state index in [2.05, 4.69) is 27.2 Å². The molecule has 0 spiro atoms. The minimum atomic E-state index is -0.0325. The van der Waals surface area contributed by atoms with Crippen LogP contribution in [0.15, 0.2) is 42.6 Å². The fraction of sp³-hybridized carbons (Fsp3) is 0.143. The quantitative estimate of drug-likeness (QED) is 0.872. The fourth-order valence-corrected chi connectivity index (χ4v) is 2.05. The van der Waals surface area contributed by atoms with Crippen molar-refractivity contribution in [3.05, 3.63) is 59.4 Å². The molecule has 1 aromatic carbocycles. The summed E-state index contributed by atoms with van der Waals surface area (Å²) in [7, 11) is 0. The first-order chi connectivity index (χ1) is 8.81. The van der Waals surface area contributed by atoms with Gasteiger partial charge in [-0.05, 0) is 11.6 Å². The largest absolute Gasteiger partial charge is 0.492 e. The van der Waals surface area contributed by atoms with Crippen LogP contribution in [-0.4, -0.2) is 20.2 Å². The summed E-state index contributed by atoms with van der Waals surface area (Å²) >= 11 is 0. The smallest absolute Gasteiger partial charge is 0.231 e. The number of aromatic nitrogens is 2. The van der Waals surface area contributed by atoms with E-state index >= 15 is 0 Å². The van der Waals surface area contributed by atoms with E-state index in [-0.39, 0.29) is 5.88 Å². The zero-order valence-electron chi connectivity index (χ0n) is 9.82. The van der Waals surface area contributed by atoms with Crippen LogP contribution >= 0.6 is 0 Å². The lowest BCUT2D eigenvalue weighted by atomic mass is 10.1. The van der Waals surface area contributed by atoms with Crippen molar-refractivity contribution in [3.63, 3.8) is 0 Å². The van der Waals surface area contributed by atoms with Gasteiger partial charge in [0.05, 0.1) is 12.2 Å². The molecule has 0 saturated carbocycles. The molecule has 4 heteroatoms. The van der Waals surface area contributed by atoms with Crippen molar-refractivity contribution < 1.29 is 5.11 Å². The van der Waals surface area contributed by atoms with Gasteiger partial charge in [-0.1, -0.05) is 30.3 Å². The number of hydrogen-bond donors (Lipinski definition) is 1. The molecule has 3 rings (SSSR count). The Kier molecular flexibility index (Phi) is 2.68. The first-order valence-electron chi connectivity index (χ1n) is 5.83. The van der Waals surface area contributed by atoms with Gasteiger partial charge in [-0.25, -0.2) is 0 Å². The highest BCUT2D eigenvalue weighted by atomic mass is 16.3. The Morgan fingerprint density at radius 1 is 1.17 bits per heavy atom. The summed E-state index contributed by atoms with van der Waals surface area (Å²) in [5.74, 6) is -0.0325. The van der Waals surface area contributed by atoms with Crippen LogP contribution in [0.5, 0.6) is 5.88 Å². The van der Waals surface area contributed by atoms with Gasteiger partial charge in [0.2, 0.25) is 5.88 Å². The summed E-state index contributed by atoms with van der Waals surface area (Å²) in [5, 5.41) is 17.0. The molecule has 2 heterocycles. The molecule has 0 aliphatic carbocycles. The third-order valence-electron chi connectivity index (χ3n) is 2.94. The van der Waals surface area contributed by atoms with Crippen molar-refractivity contribution in [2.24, 2.45) is 0 Å². The summed E-state index contributed by atoms with van der Waals surface area (Å²) in [6.07, 6.45) is 3.98. The highest BCUT2D eigenvalue weighted by molar-refractivity contribution is 5.54. The van der Waals surface area contributed by atoms with Gasteiger partial charge in [0.15, 0.2) is 0 Å². The first kappa shape index (κ1) is 10.8. The number of hydrogen-bond acceptors (Lipinski definition) is 4. The van der Waals surface area contributed by atoms with Crippen LogP contribution in [-0.2, 0) is 13.1 Å². The number of fused-ring (bicyclic) bond motifs is 1. The molecule has 1 aliphatic heterocycles. The predicted octanol–water partition coefficient (Wildman–Crippen LogP) is 2.17. The molecular formula is C14H13N3O. The number of benzene rings is 1. The van der Waals surface area contributed by atoms with E-state index in [9.17, 15) is 5.11 Å². The summed E-state index contributed by atoms with van der Waals surface area (Å²) in [4.78, 5) is 2.17. The third-order valence-corrected chi connectivity index (χ3v) is 2.94. The predicted molar refractivity (Wildman–Crippen MR) is 68.4 cm³/mol. The standard InChI is InChI=1S/C14H13N3O/c18-14-8-12-6-7-17(10-13(12)15-16-14)9-11-4-2-1-3-5-11/h1-8H,9-10H2,(H,16,18).